The molecule has 2 aliphatic rings. The molecule has 7 aromatic carbocycles. The summed E-state index contributed by atoms with van der Waals surface area (Å²) in [5, 5.41) is 0. The summed E-state index contributed by atoms with van der Waals surface area (Å²) >= 11 is 0. The van der Waals surface area contributed by atoms with Gasteiger partial charge in [-0.15, -0.1) is 0 Å². The summed E-state index contributed by atoms with van der Waals surface area (Å²) in [6.07, 6.45) is 18.4. The first-order valence-electron chi connectivity index (χ1n) is 22.7. The van der Waals surface area contributed by atoms with Gasteiger partial charge in [0.25, 0.3) is 0 Å². The van der Waals surface area contributed by atoms with E-state index < -0.39 is 5.41 Å². The van der Waals surface area contributed by atoms with E-state index in [0.717, 1.165) is 56.5 Å². The third-order valence-electron chi connectivity index (χ3n) is 11.0. The van der Waals surface area contributed by atoms with E-state index in [-0.39, 0.29) is 53.2 Å². The average molecular weight is 750 g/mol. The minimum Gasteiger partial charge on any atom is -0.310 e. The van der Waals surface area contributed by atoms with Crippen molar-refractivity contribution < 1.29 is 8.22 Å². The third-order valence-corrected chi connectivity index (χ3v) is 11.0. The van der Waals surface area contributed by atoms with Gasteiger partial charge in [-0.05, 0) is 122 Å². The van der Waals surface area contributed by atoms with Crippen LogP contribution in [0.15, 0.2) is 225 Å². The fraction of sp³-hybridized carbons (Fsp3) is 0.0526. The van der Waals surface area contributed by atoms with Crippen LogP contribution in [0.4, 0.5) is 17.1 Å². The van der Waals surface area contributed by atoms with E-state index in [9.17, 15) is 8.22 Å². The number of allylic oxidation sites excluding steroid dienone is 8. The zero-order valence-corrected chi connectivity index (χ0v) is 32.2. The van der Waals surface area contributed by atoms with Crippen LogP contribution in [-0.4, -0.2) is 0 Å². The molecule has 0 unspecified atom stereocenters. The van der Waals surface area contributed by atoms with Crippen molar-refractivity contribution in [3.8, 4) is 22.3 Å². The number of benzene rings is 7. The topological polar surface area (TPSA) is 3.24 Å². The van der Waals surface area contributed by atoms with Gasteiger partial charge in [-0.1, -0.05) is 195 Å². The van der Waals surface area contributed by atoms with E-state index in [1.54, 1.807) is 23.1 Å². The molecule has 0 bridgehead atoms. The Morgan fingerprint density at radius 3 is 1.88 bits per heavy atom. The number of hydrogen-bond donors (Lipinski definition) is 0. The van der Waals surface area contributed by atoms with Crippen LogP contribution in [0.3, 0.4) is 0 Å². The van der Waals surface area contributed by atoms with Gasteiger partial charge in [-0.25, -0.2) is 0 Å². The number of hydrogen-bond acceptors (Lipinski definition) is 1. The normalized spacial score (nSPS) is 15.3. The summed E-state index contributed by atoms with van der Waals surface area (Å²) in [6.45, 7) is 7.67. The Morgan fingerprint density at radius 2 is 1.21 bits per heavy atom. The second-order valence-electron chi connectivity index (χ2n) is 14.4. The summed E-state index contributed by atoms with van der Waals surface area (Å²) in [5.41, 5.74) is 9.64. The summed E-state index contributed by atoms with van der Waals surface area (Å²) < 4.78 is 58.5. The standard InChI is InChI=1S/C57H45N/c1-3-5-18-43-28-29-47(40-46(43)19-6-4-2)45-32-36-51(37-33-45)58(50-34-30-44(31-35-50)42-20-10-7-11-21-42)52-38-39-54-53-26-16-17-27-55(53)57(56(54)41-52,48-22-12-8-13-23-48)49-24-14-9-15-25-49/h3-10,12-20,22-41H,1-2,11,21H2/b18-5-,19-6-/i30D,31D,34D,35D,39D,41D. The minimum atomic E-state index is -1.00. The van der Waals surface area contributed by atoms with Gasteiger partial charge < -0.3 is 4.90 Å². The van der Waals surface area contributed by atoms with Gasteiger partial charge in [0, 0.05) is 17.1 Å². The molecule has 7 aromatic rings. The van der Waals surface area contributed by atoms with E-state index in [4.69, 9.17) is 0 Å². The number of fused-ring (bicyclic) bond motifs is 3. The first-order valence-corrected chi connectivity index (χ1v) is 19.7. The highest BCUT2D eigenvalue weighted by Crippen LogP contribution is 2.57. The van der Waals surface area contributed by atoms with E-state index in [1.165, 1.54) is 0 Å². The lowest BCUT2D eigenvalue weighted by Gasteiger charge is -2.35. The molecule has 0 aromatic heterocycles. The van der Waals surface area contributed by atoms with E-state index in [0.29, 0.717) is 23.2 Å². The molecular weight excluding hydrogens is 699 g/mol. The van der Waals surface area contributed by atoms with Crippen molar-refractivity contribution in [1.29, 1.82) is 0 Å². The monoisotopic (exact) mass is 749 g/mol. The van der Waals surface area contributed by atoms with Crippen molar-refractivity contribution in [2.24, 2.45) is 0 Å². The maximum Gasteiger partial charge on any atom is 0.0714 e. The first kappa shape index (κ1) is 30.0. The molecule has 0 N–H and O–H groups in total. The molecule has 2 aliphatic carbocycles. The Morgan fingerprint density at radius 1 is 0.552 bits per heavy atom. The van der Waals surface area contributed by atoms with Gasteiger partial charge in [0.15, 0.2) is 0 Å². The highest BCUT2D eigenvalue weighted by molar-refractivity contribution is 5.90. The smallest absolute Gasteiger partial charge is 0.0714 e. The number of rotatable bonds is 11. The highest BCUT2D eigenvalue weighted by Gasteiger charge is 2.46. The molecule has 1 heteroatoms. The number of nitrogens with zero attached hydrogens (tertiary/aromatic N) is 1. The zero-order chi connectivity index (χ0) is 44.5. The average Bonchev–Trinajstić information content (AvgIpc) is 3.66. The van der Waals surface area contributed by atoms with Crippen molar-refractivity contribution in [3.05, 3.63) is 264 Å². The molecule has 9 rings (SSSR count). The predicted molar refractivity (Wildman–Crippen MR) is 249 cm³/mol. The summed E-state index contributed by atoms with van der Waals surface area (Å²) in [5.74, 6) is 0. The van der Waals surface area contributed by atoms with Gasteiger partial charge in [-0.2, -0.15) is 0 Å². The van der Waals surface area contributed by atoms with E-state index in [1.807, 2.05) is 121 Å². The van der Waals surface area contributed by atoms with E-state index in [2.05, 4.69) is 61.7 Å². The summed E-state index contributed by atoms with van der Waals surface area (Å²) in [4.78, 5) is 1.66. The molecule has 278 valence electrons. The lowest BCUT2D eigenvalue weighted by atomic mass is 9.67. The Balaban J connectivity index is 1.32. The Bertz CT molecular complexity index is 3020. The molecule has 0 heterocycles. The summed E-state index contributed by atoms with van der Waals surface area (Å²) in [7, 11) is 0. The van der Waals surface area contributed by atoms with Crippen LogP contribution in [0.1, 0.15) is 60.0 Å². The molecular formula is C57H45N. The van der Waals surface area contributed by atoms with Crippen molar-refractivity contribution in [1.82, 2.24) is 0 Å². The predicted octanol–water partition coefficient (Wildman–Crippen LogP) is 15.3. The SMILES string of the molecule is [2H]c1cc(N(c2ccc(-c3ccc(/C=C\C=C)c(/C=C\C=C)c3)cc2)c2c([2H])c([2H])c(C3=CC=CCC3)c([2H])c2[2H])c([2H])c2c1-c1ccccc1C2(c1ccccc1)c1ccccc1. The second kappa shape index (κ2) is 16.1. The summed E-state index contributed by atoms with van der Waals surface area (Å²) in [6, 6.07) is 43.4. The molecule has 0 amide bonds. The van der Waals surface area contributed by atoms with Gasteiger partial charge in [0.2, 0.25) is 0 Å². The molecule has 0 fully saturated rings. The van der Waals surface area contributed by atoms with Gasteiger partial charge in [0.05, 0.1) is 13.6 Å². The van der Waals surface area contributed by atoms with Crippen LogP contribution in [0.2, 0.25) is 0 Å². The van der Waals surface area contributed by atoms with Crippen LogP contribution in [0, 0.1) is 0 Å². The van der Waals surface area contributed by atoms with Gasteiger partial charge in [0.1, 0.15) is 0 Å². The molecule has 0 atom stereocenters. The third kappa shape index (κ3) is 6.61. The number of anilines is 3. The van der Waals surface area contributed by atoms with E-state index >= 15 is 0 Å². The van der Waals surface area contributed by atoms with Crippen molar-refractivity contribution in [3.63, 3.8) is 0 Å². The largest absolute Gasteiger partial charge is 0.310 e. The quantitative estimate of drug-likeness (QED) is 0.119. The highest BCUT2D eigenvalue weighted by atomic mass is 15.1. The molecule has 58 heavy (non-hydrogen) atoms. The van der Waals surface area contributed by atoms with Crippen LogP contribution in [0.25, 0.3) is 40.0 Å². The second-order valence-corrected chi connectivity index (χ2v) is 14.4. The Labute approximate surface area is 351 Å². The Kier molecular flexibility index (Phi) is 8.32. The lowest BCUT2D eigenvalue weighted by Crippen LogP contribution is -2.28. The van der Waals surface area contributed by atoms with Crippen LogP contribution >= 0.6 is 0 Å². The maximum absolute atomic E-state index is 10.5. The van der Waals surface area contributed by atoms with Crippen LogP contribution in [0.5, 0.6) is 0 Å². The molecule has 0 saturated carbocycles. The van der Waals surface area contributed by atoms with Crippen LogP contribution < -0.4 is 4.90 Å². The first-order chi connectivity index (χ1) is 31.2. The van der Waals surface area contributed by atoms with Gasteiger partial charge >= 0.3 is 0 Å². The lowest BCUT2D eigenvalue weighted by molar-refractivity contribution is 0.768. The van der Waals surface area contributed by atoms with Crippen LogP contribution in [-0.2, 0) is 5.41 Å². The van der Waals surface area contributed by atoms with Crippen molar-refractivity contribution in [2.75, 3.05) is 4.90 Å². The van der Waals surface area contributed by atoms with Gasteiger partial charge in [-0.3, -0.25) is 0 Å². The molecule has 1 nitrogen and oxygen atoms in total. The maximum atomic E-state index is 10.5. The molecule has 0 aliphatic heterocycles. The molecule has 0 saturated heterocycles. The zero-order valence-electron chi connectivity index (χ0n) is 38.2. The molecule has 0 radical (unpaired) electrons. The van der Waals surface area contributed by atoms with Crippen molar-refractivity contribution in [2.45, 2.75) is 18.3 Å². The minimum absolute atomic E-state index is 0.00189. The fourth-order valence-electron chi connectivity index (χ4n) is 8.33. The Hall–Kier alpha value is -7.22. The molecule has 0 spiro atoms. The van der Waals surface area contributed by atoms with Crippen molar-refractivity contribution >= 4 is 34.8 Å². The fourth-order valence-corrected chi connectivity index (χ4v) is 8.33.